The third kappa shape index (κ3) is 16.4. The molecule has 8 aromatic rings. The van der Waals surface area contributed by atoms with E-state index < -0.39 is 23.7 Å². The number of hydrogen-bond acceptors (Lipinski definition) is 15. The fraction of sp³-hybridized carbons (Fsp3) is 0.344. The topological polar surface area (TPSA) is 206 Å². The average molecular weight is 1160 g/mol. The number of aromatic nitrogens is 6. The molecule has 2 fully saturated rings. The molecule has 6 heterocycles. The molecule has 432 valence electrons. The predicted molar refractivity (Wildman–Crippen MR) is 315 cm³/mol. The first kappa shape index (κ1) is 60.7. The van der Waals surface area contributed by atoms with Crippen molar-refractivity contribution in [3.63, 3.8) is 0 Å². The Bertz CT molecular complexity index is 3630. The van der Waals surface area contributed by atoms with E-state index in [0.717, 1.165) is 115 Å². The molecule has 0 aliphatic carbocycles. The number of hydrogen-bond donors (Lipinski definition) is 5. The van der Waals surface area contributed by atoms with E-state index >= 15 is 0 Å². The van der Waals surface area contributed by atoms with Crippen LogP contribution in [-0.4, -0.2) is 79.2 Å². The lowest BCUT2D eigenvalue weighted by molar-refractivity contribution is -0.142. The molecule has 15 nitrogen and oxygen atoms in total. The number of pyridine rings is 2. The number of alkyl halides is 6. The summed E-state index contributed by atoms with van der Waals surface area (Å²) in [6.07, 6.45) is -2.64. The quantitative estimate of drug-likeness (QED) is 0.0491. The maximum atomic E-state index is 13.1. The normalized spacial score (nSPS) is 14.4. The Balaban J connectivity index is 0.000000180. The van der Waals surface area contributed by atoms with Crippen LogP contribution in [0.25, 0.3) is 21.8 Å². The number of para-hydroxylation sites is 2. The maximum Gasteiger partial charge on any atom is 0.433 e. The zero-order chi connectivity index (χ0) is 59.7. The van der Waals surface area contributed by atoms with Gasteiger partial charge >= 0.3 is 12.4 Å². The highest BCUT2D eigenvalue weighted by atomic mass is 35.5. The SMILES string of the molecule is CC(C)(C)NC1CCN(c2c(C#N)c(Cl)nc3ccccc23)CC1.CC(C)(C)NC1CCN(c2c(C#N)c(Nc3cccc(Nc4nccc(C(F)(F)F)n4)c3)nc3ccccc23)CC1.Nc1cccc(Cc2nccc(C(F)(F)F)n2)c1. The van der Waals surface area contributed by atoms with Crippen LogP contribution < -0.4 is 36.8 Å². The first-order valence-corrected chi connectivity index (χ1v) is 27.4. The van der Waals surface area contributed by atoms with Crippen LogP contribution in [0.1, 0.15) is 101 Å². The molecule has 83 heavy (non-hydrogen) atoms. The minimum atomic E-state index is -4.58. The summed E-state index contributed by atoms with van der Waals surface area (Å²) < 4.78 is 76.6. The number of anilines is 7. The molecule has 2 aliphatic heterocycles. The number of nitrogens with two attached hydrogens (primary N) is 1. The Labute approximate surface area is 483 Å². The van der Waals surface area contributed by atoms with E-state index in [2.05, 4.69) is 110 Å². The minimum Gasteiger partial charge on any atom is -0.399 e. The smallest absolute Gasteiger partial charge is 0.399 e. The molecule has 0 bridgehead atoms. The highest BCUT2D eigenvalue weighted by Gasteiger charge is 2.34. The Morgan fingerprint density at radius 1 is 0.578 bits per heavy atom. The number of piperidine rings is 2. The van der Waals surface area contributed by atoms with Gasteiger partial charge < -0.3 is 36.8 Å². The molecular weight excluding hydrogens is 1090 g/mol. The highest BCUT2D eigenvalue weighted by molar-refractivity contribution is 6.31. The molecule has 10 rings (SSSR count). The largest absolute Gasteiger partial charge is 0.433 e. The van der Waals surface area contributed by atoms with Crippen molar-refractivity contribution < 1.29 is 26.3 Å². The Hall–Kier alpha value is -8.37. The van der Waals surface area contributed by atoms with Gasteiger partial charge in [-0.05, 0) is 127 Å². The summed E-state index contributed by atoms with van der Waals surface area (Å²) >= 11 is 6.27. The molecule has 0 saturated carbocycles. The van der Waals surface area contributed by atoms with Crippen LogP contribution in [0, 0.1) is 22.7 Å². The van der Waals surface area contributed by atoms with E-state index in [4.69, 9.17) is 22.3 Å². The Morgan fingerprint density at radius 3 is 1.60 bits per heavy atom. The second-order valence-corrected chi connectivity index (χ2v) is 22.6. The van der Waals surface area contributed by atoms with Crippen LogP contribution in [0.15, 0.2) is 122 Å². The summed E-state index contributed by atoms with van der Waals surface area (Å²) in [7, 11) is 0. The molecule has 4 aromatic heterocycles. The van der Waals surface area contributed by atoms with Crippen molar-refractivity contribution in [2.45, 2.75) is 109 Å². The first-order valence-electron chi connectivity index (χ1n) is 27.0. The van der Waals surface area contributed by atoms with E-state index in [0.29, 0.717) is 51.2 Å². The van der Waals surface area contributed by atoms with Crippen LogP contribution in [0.5, 0.6) is 0 Å². The van der Waals surface area contributed by atoms with Gasteiger partial charge in [0.2, 0.25) is 5.95 Å². The molecule has 0 radical (unpaired) electrons. The fourth-order valence-corrected chi connectivity index (χ4v) is 10.3. The van der Waals surface area contributed by atoms with Gasteiger partial charge in [0.05, 0.1) is 22.4 Å². The number of nitrogen functional groups attached to an aromatic ring is 1. The van der Waals surface area contributed by atoms with Crippen LogP contribution in [0.2, 0.25) is 5.15 Å². The first-order chi connectivity index (χ1) is 39.3. The van der Waals surface area contributed by atoms with Gasteiger partial charge in [0, 0.05) is 96.0 Å². The van der Waals surface area contributed by atoms with Crippen molar-refractivity contribution in [3.8, 4) is 12.1 Å². The third-order valence-electron chi connectivity index (χ3n) is 13.4. The van der Waals surface area contributed by atoms with Gasteiger partial charge in [-0.1, -0.05) is 66.2 Å². The van der Waals surface area contributed by atoms with Crippen LogP contribution in [0.3, 0.4) is 0 Å². The van der Waals surface area contributed by atoms with Crippen molar-refractivity contribution in [2.24, 2.45) is 0 Å². The van der Waals surface area contributed by atoms with Crippen LogP contribution in [0.4, 0.5) is 66.5 Å². The van der Waals surface area contributed by atoms with E-state index in [-0.39, 0.29) is 29.3 Å². The lowest BCUT2D eigenvalue weighted by Gasteiger charge is -2.38. The zero-order valence-corrected chi connectivity index (χ0v) is 47.5. The molecule has 2 saturated heterocycles. The van der Waals surface area contributed by atoms with Gasteiger partial charge in [0.1, 0.15) is 45.6 Å². The fourth-order valence-electron chi connectivity index (χ4n) is 10.1. The molecule has 6 N–H and O–H groups in total. The zero-order valence-electron chi connectivity index (χ0n) is 46.8. The van der Waals surface area contributed by atoms with Crippen molar-refractivity contribution in [1.29, 1.82) is 10.5 Å². The molecular formula is C61H64ClF6N15. The van der Waals surface area contributed by atoms with Gasteiger partial charge in [-0.15, -0.1) is 0 Å². The third-order valence-corrected chi connectivity index (χ3v) is 13.7. The van der Waals surface area contributed by atoms with E-state index in [1.54, 1.807) is 48.5 Å². The number of rotatable bonds is 10. The van der Waals surface area contributed by atoms with Crippen LogP contribution in [-0.2, 0) is 18.8 Å². The number of benzene rings is 4. The number of nitrogens with one attached hydrogen (secondary N) is 4. The van der Waals surface area contributed by atoms with Crippen molar-refractivity contribution in [3.05, 3.63) is 161 Å². The lowest BCUT2D eigenvalue weighted by atomic mass is 9.98. The molecule has 0 amide bonds. The van der Waals surface area contributed by atoms with Crippen molar-refractivity contribution in [2.75, 3.05) is 52.3 Å². The molecule has 22 heteroatoms. The lowest BCUT2D eigenvalue weighted by Crippen LogP contribution is -2.49. The standard InChI is InChI=1S/C30H31F3N8.C19H23ClN4.C12H10F3N3/c1-29(2,3)40-19-12-15-41(16-13-19)26-22-9-4-5-10-24(22)38-27(23(26)18-34)36-20-7-6-8-21(17-20)37-28-35-14-11-25(39-28)30(31,32)33;1-19(2,3)23-13-8-10-24(11-9-13)17-14-6-4-5-7-16(14)22-18(20)15(17)12-21;13-12(14,15)10-4-5-17-11(18-10)7-8-2-1-3-9(16)6-8/h4-11,14,17,19,40H,12-13,15-16H2,1-3H3,(H,36,38)(H,35,37,39);4-7,13,23H,8-11H2,1-3H3;1-6H,7,16H2. The van der Waals surface area contributed by atoms with E-state index in [1.807, 2.05) is 48.5 Å². The number of nitrogens with zero attached hydrogens (tertiary/aromatic N) is 10. The van der Waals surface area contributed by atoms with Gasteiger partial charge in [-0.3, -0.25) is 0 Å². The van der Waals surface area contributed by atoms with Gasteiger partial charge in [-0.2, -0.15) is 36.9 Å². The van der Waals surface area contributed by atoms with Gasteiger partial charge in [0.25, 0.3) is 0 Å². The molecule has 0 spiro atoms. The van der Waals surface area contributed by atoms with E-state index in [9.17, 15) is 36.9 Å². The second-order valence-electron chi connectivity index (χ2n) is 22.3. The van der Waals surface area contributed by atoms with Crippen molar-refractivity contribution >= 4 is 73.6 Å². The Kier molecular flexibility index (Phi) is 18.9. The maximum absolute atomic E-state index is 13.1. The Morgan fingerprint density at radius 2 is 1.07 bits per heavy atom. The summed E-state index contributed by atoms with van der Waals surface area (Å²) in [5.74, 6) is 0.351. The van der Waals surface area contributed by atoms with Crippen molar-refractivity contribution in [1.82, 2.24) is 40.5 Å². The number of halogens is 7. The highest BCUT2D eigenvalue weighted by Crippen LogP contribution is 2.39. The van der Waals surface area contributed by atoms with Crippen LogP contribution >= 0.6 is 11.6 Å². The number of nitriles is 2. The molecule has 0 unspecified atom stereocenters. The summed E-state index contributed by atoms with van der Waals surface area (Å²) in [4.78, 5) is 28.5. The predicted octanol–water partition coefficient (Wildman–Crippen LogP) is 13.5. The minimum absolute atomic E-state index is 0.0295. The van der Waals surface area contributed by atoms with Gasteiger partial charge in [-0.25, -0.2) is 29.9 Å². The monoisotopic (exact) mass is 1160 g/mol. The van der Waals surface area contributed by atoms with Gasteiger partial charge in [0.15, 0.2) is 5.82 Å². The molecule has 2 aliphatic rings. The summed E-state index contributed by atoms with van der Waals surface area (Å²) in [6, 6.07) is 36.7. The summed E-state index contributed by atoms with van der Waals surface area (Å²) in [5, 5.41) is 35.6. The summed E-state index contributed by atoms with van der Waals surface area (Å²) in [6.45, 7) is 16.5. The molecule has 0 atom stereocenters. The average Bonchev–Trinajstić information content (AvgIpc) is 3.48. The molecule has 4 aromatic carbocycles. The summed E-state index contributed by atoms with van der Waals surface area (Å²) in [5.41, 5.74) is 10.5. The van der Waals surface area contributed by atoms with E-state index in [1.165, 1.54) is 0 Å². The number of fused-ring (bicyclic) bond motifs is 2. The second kappa shape index (κ2) is 25.8.